The van der Waals surface area contributed by atoms with Gasteiger partial charge in [-0.15, -0.1) is 0 Å². The minimum Gasteiger partial charge on any atom is -0.399 e. The van der Waals surface area contributed by atoms with Crippen molar-refractivity contribution in [1.29, 1.82) is 0 Å². The van der Waals surface area contributed by atoms with E-state index < -0.39 is 0 Å². The summed E-state index contributed by atoms with van der Waals surface area (Å²) in [6.45, 7) is 5.65. The molecule has 1 fully saturated rings. The van der Waals surface area contributed by atoms with E-state index in [1.54, 1.807) is 9.80 Å². The Balaban J connectivity index is 1.93. The predicted octanol–water partition coefficient (Wildman–Crippen LogP) is 0.890. The second kappa shape index (κ2) is 5.94. The van der Waals surface area contributed by atoms with Crippen LogP contribution in [-0.4, -0.2) is 47.3 Å². The van der Waals surface area contributed by atoms with Crippen LogP contribution in [0.25, 0.3) is 0 Å². The van der Waals surface area contributed by atoms with E-state index in [9.17, 15) is 9.59 Å². The number of nitrogens with zero attached hydrogens (tertiary/aromatic N) is 2. The highest BCUT2D eigenvalue weighted by molar-refractivity contribution is 6.35. The van der Waals surface area contributed by atoms with Gasteiger partial charge in [0.05, 0.1) is 0 Å². The summed E-state index contributed by atoms with van der Waals surface area (Å²) in [6.07, 6.45) is 0.737. The number of benzene rings is 1. The van der Waals surface area contributed by atoms with Crippen molar-refractivity contribution in [2.45, 2.75) is 26.3 Å². The molecule has 5 heteroatoms. The van der Waals surface area contributed by atoms with Gasteiger partial charge in [-0.05, 0) is 38.0 Å². The van der Waals surface area contributed by atoms with Crippen LogP contribution in [0.15, 0.2) is 24.3 Å². The molecule has 0 saturated carbocycles. The van der Waals surface area contributed by atoms with Gasteiger partial charge >= 0.3 is 11.8 Å². The lowest BCUT2D eigenvalue weighted by Gasteiger charge is -2.36. The Kier molecular flexibility index (Phi) is 4.27. The minimum atomic E-state index is -0.389. The molecule has 108 valence electrons. The van der Waals surface area contributed by atoms with E-state index in [2.05, 4.69) is 0 Å². The van der Waals surface area contributed by atoms with Crippen LogP contribution in [-0.2, 0) is 16.0 Å². The van der Waals surface area contributed by atoms with Gasteiger partial charge in [0, 0.05) is 31.4 Å². The van der Waals surface area contributed by atoms with Gasteiger partial charge < -0.3 is 15.5 Å². The molecule has 2 rings (SSSR count). The van der Waals surface area contributed by atoms with Crippen molar-refractivity contribution in [3.05, 3.63) is 29.8 Å². The van der Waals surface area contributed by atoms with E-state index in [4.69, 9.17) is 5.73 Å². The maximum atomic E-state index is 12.0. The molecule has 1 aromatic rings. The zero-order chi connectivity index (χ0) is 14.7. The van der Waals surface area contributed by atoms with Gasteiger partial charge in [0.25, 0.3) is 0 Å². The van der Waals surface area contributed by atoms with Crippen molar-refractivity contribution < 1.29 is 9.59 Å². The van der Waals surface area contributed by atoms with Crippen LogP contribution in [0.4, 0.5) is 5.69 Å². The monoisotopic (exact) mass is 275 g/mol. The summed E-state index contributed by atoms with van der Waals surface area (Å²) >= 11 is 0. The molecule has 0 atom stereocenters. The zero-order valence-electron chi connectivity index (χ0n) is 12.0. The summed E-state index contributed by atoms with van der Waals surface area (Å²) in [5.74, 6) is -0.774. The van der Waals surface area contributed by atoms with Gasteiger partial charge in [-0.1, -0.05) is 12.1 Å². The first kappa shape index (κ1) is 14.4. The highest BCUT2D eigenvalue weighted by Gasteiger charge is 2.33. The van der Waals surface area contributed by atoms with Crippen LogP contribution in [0.1, 0.15) is 19.4 Å². The van der Waals surface area contributed by atoms with Crippen LogP contribution in [0.3, 0.4) is 0 Å². The second-order valence-electron chi connectivity index (χ2n) is 5.38. The Morgan fingerprint density at radius 3 is 2.35 bits per heavy atom. The Morgan fingerprint density at radius 1 is 1.10 bits per heavy atom. The Hall–Kier alpha value is -2.04. The fourth-order valence-corrected chi connectivity index (χ4v) is 2.34. The fraction of sp³-hybridized carbons (Fsp3) is 0.467. The van der Waals surface area contributed by atoms with Gasteiger partial charge in [0.1, 0.15) is 0 Å². The van der Waals surface area contributed by atoms with Crippen molar-refractivity contribution >= 4 is 17.5 Å². The second-order valence-corrected chi connectivity index (χ2v) is 5.38. The maximum absolute atomic E-state index is 12.0. The van der Waals surface area contributed by atoms with Gasteiger partial charge in [-0.25, -0.2) is 0 Å². The average Bonchev–Trinajstić information content (AvgIpc) is 2.42. The first-order valence-corrected chi connectivity index (χ1v) is 6.93. The third-order valence-electron chi connectivity index (χ3n) is 3.62. The number of amides is 2. The van der Waals surface area contributed by atoms with Crippen molar-refractivity contribution in [3.63, 3.8) is 0 Å². The number of carbonyl (C=O) groups is 2. The van der Waals surface area contributed by atoms with Crippen molar-refractivity contribution in [3.8, 4) is 0 Å². The summed E-state index contributed by atoms with van der Waals surface area (Å²) in [4.78, 5) is 27.2. The van der Waals surface area contributed by atoms with Crippen molar-refractivity contribution in [2.24, 2.45) is 0 Å². The van der Waals surface area contributed by atoms with Gasteiger partial charge in [-0.2, -0.15) is 0 Å². The summed E-state index contributed by atoms with van der Waals surface area (Å²) in [7, 11) is 0. The van der Waals surface area contributed by atoms with E-state index in [0.717, 1.165) is 17.7 Å². The van der Waals surface area contributed by atoms with Crippen molar-refractivity contribution in [1.82, 2.24) is 9.80 Å². The Morgan fingerprint density at radius 2 is 1.75 bits per heavy atom. The molecular formula is C15H21N3O2. The number of hydrogen-bond donors (Lipinski definition) is 1. The van der Waals surface area contributed by atoms with Gasteiger partial charge in [0.2, 0.25) is 0 Å². The summed E-state index contributed by atoms with van der Waals surface area (Å²) < 4.78 is 0. The Labute approximate surface area is 119 Å². The van der Waals surface area contributed by atoms with Crippen LogP contribution >= 0.6 is 0 Å². The molecule has 2 N–H and O–H groups in total. The van der Waals surface area contributed by atoms with Gasteiger partial charge in [-0.3, -0.25) is 9.59 Å². The van der Waals surface area contributed by atoms with E-state index in [-0.39, 0.29) is 17.9 Å². The average molecular weight is 275 g/mol. The van der Waals surface area contributed by atoms with Crippen LogP contribution in [0, 0.1) is 0 Å². The highest BCUT2D eigenvalue weighted by atomic mass is 16.2. The quantitative estimate of drug-likeness (QED) is 0.655. The molecular weight excluding hydrogens is 254 g/mol. The normalized spacial score (nSPS) is 16.1. The third-order valence-corrected chi connectivity index (χ3v) is 3.62. The van der Waals surface area contributed by atoms with Crippen LogP contribution in [0.2, 0.25) is 0 Å². The molecule has 5 nitrogen and oxygen atoms in total. The molecule has 2 amide bonds. The molecule has 0 unspecified atom stereocenters. The molecule has 1 saturated heterocycles. The lowest BCUT2D eigenvalue weighted by Crippen LogP contribution is -2.56. The number of nitrogen functional groups attached to an aromatic ring is 1. The summed E-state index contributed by atoms with van der Waals surface area (Å²) in [5, 5.41) is 0. The van der Waals surface area contributed by atoms with E-state index in [1.165, 1.54) is 0 Å². The van der Waals surface area contributed by atoms with E-state index in [0.29, 0.717) is 19.6 Å². The number of hydrogen-bond acceptors (Lipinski definition) is 3. The molecule has 0 aliphatic carbocycles. The predicted molar refractivity (Wildman–Crippen MR) is 78.0 cm³/mol. The Bertz CT molecular complexity index is 496. The molecule has 0 bridgehead atoms. The molecule has 1 aliphatic heterocycles. The lowest BCUT2D eigenvalue weighted by molar-refractivity contribution is -0.157. The lowest BCUT2D eigenvalue weighted by atomic mass is 10.1. The molecule has 0 spiro atoms. The molecule has 20 heavy (non-hydrogen) atoms. The SMILES string of the molecule is CC(C)N1CCN(CCc2ccc(N)cc2)C(=O)C1=O. The van der Waals surface area contributed by atoms with Crippen molar-refractivity contribution in [2.75, 3.05) is 25.4 Å². The number of rotatable bonds is 4. The third kappa shape index (κ3) is 3.10. The molecule has 1 aliphatic rings. The molecule has 1 heterocycles. The minimum absolute atomic E-state index is 0.0747. The van der Waals surface area contributed by atoms with E-state index >= 15 is 0 Å². The molecule has 1 aromatic carbocycles. The van der Waals surface area contributed by atoms with Crippen LogP contribution in [0.5, 0.6) is 0 Å². The zero-order valence-corrected chi connectivity index (χ0v) is 12.0. The maximum Gasteiger partial charge on any atom is 0.312 e. The first-order valence-electron chi connectivity index (χ1n) is 6.93. The fourth-order valence-electron chi connectivity index (χ4n) is 2.34. The van der Waals surface area contributed by atoms with Gasteiger partial charge in [0.15, 0.2) is 0 Å². The smallest absolute Gasteiger partial charge is 0.312 e. The highest BCUT2D eigenvalue weighted by Crippen LogP contribution is 2.11. The van der Waals surface area contributed by atoms with E-state index in [1.807, 2.05) is 38.1 Å². The molecule has 0 aromatic heterocycles. The largest absolute Gasteiger partial charge is 0.399 e. The number of anilines is 1. The van der Waals surface area contributed by atoms with Crippen LogP contribution < -0.4 is 5.73 Å². The topological polar surface area (TPSA) is 66.6 Å². The first-order chi connectivity index (χ1) is 9.49. The summed E-state index contributed by atoms with van der Waals surface area (Å²) in [5.41, 5.74) is 7.48. The number of carbonyl (C=O) groups excluding carboxylic acids is 2. The summed E-state index contributed by atoms with van der Waals surface area (Å²) in [6, 6.07) is 7.67. The number of piperazine rings is 1. The number of nitrogens with two attached hydrogens (primary N) is 1. The standard InChI is InChI=1S/C15H21N3O2/c1-11(2)18-10-9-17(14(19)15(18)20)8-7-12-3-5-13(16)6-4-12/h3-6,11H,7-10,16H2,1-2H3. The molecule has 0 radical (unpaired) electrons.